The molecular formula is C20H23N5O. The molecule has 1 N–H and O–H groups in total. The van der Waals surface area contributed by atoms with Crippen LogP contribution in [0.1, 0.15) is 17.8 Å². The van der Waals surface area contributed by atoms with Gasteiger partial charge in [-0.15, -0.1) is 10.2 Å². The molecule has 0 radical (unpaired) electrons. The quantitative estimate of drug-likeness (QED) is 0.712. The molecule has 134 valence electrons. The van der Waals surface area contributed by atoms with Crippen LogP contribution in [0.15, 0.2) is 60.9 Å². The molecule has 0 unspecified atom stereocenters. The van der Waals surface area contributed by atoms with Crippen molar-refractivity contribution in [2.45, 2.75) is 19.4 Å². The van der Waals surface area contributed by atoms with E-state index in [1.807, 2.05) is 73.3 Å². The molecule has 0 aliphatic rings. The summed E-state index contributed by atoms with van der Waals surface area (Å²) in [7, 11) is 4.06. The number of hydrogen-bond acceptors (Lipinski definition) is 4. The van der Waals surface area contributed by atoms with E-state index in [9.17, 15) is 4.79 Å². The number of rotatable bonds is 7. The van der Waals surface area contributed by atoms with Crippen molar-refractivity contribution in [3.8, 4) is 5.69 Å². The number of anilines is 1. The largest absolute Gasteiger partial charge is 0.326 e. The minimum atomic E-state index is -0.0343. The molecule has 3 aromatic rings. The van der Waals surface area contributed by atoms with E-state index < -0.39 is 0 Å². The highest BCUT2D eigenvalue weighted by Gasteiger charge is 2.09. The van der Waals surface area contributed by atoms with Crippen LogP contribution in [0.3, 0.4) is 0 Å². The van der Waals surface area contributed by atoms with Crippen molar-refractivity contribution in [2.24, 2.45) is 0 Å². The number of para-hydroxylation sites is 1. The van der Waals surface area contributed by atoms with Gasteiger partial charge in [-0.2, -0.15) is 0 Å². The van der Waals surface area contributed by atoms with Crippen LogP contribution in [0.5, 0.6) is 0 Å². The van der Waals surface area contributed by atoms with E-state index in [1.54, 1.807) is 6.33 Å². The Kier molecular flexibility index (Phi) is 5.76. The lowest BCUT2D eigenvalue weighted by Crippen LogP contribution is -2.14. The third-order valence-electron chi connectivity index (χ3n) is 3.96. The zero-order valence-corrected chi connectivity index (χ0v) is 15.1. The van der Waals surface area contributed by atoms with Crippen molar-refractivity contribution < 1.29 is 4.79 Å². The fourth-order valence-corrected chi connectivity index (χ4v) is 2.74. The van der Waals surface area contributed by atoms with Crippen molar-refractivity contribution in [2.75, 3.05) is 19.4 Å². The highest BCUT2D eigenvalue weighted by atomic mass is 16.1. The van der Waals surface area contributed by atoms with Crippen molar-refractivity contribution >= 4 is 11.6 Å². The maximum atomic E-state index is 12.2. The molecule has 0 saturated carbocycles. The maximum Gasteiger partial charge on any atom is 0.224 e. The van der Waals surface area contributed by atoms with Crippen LogP contribution in [0.2, 0.25) is 0 Å². The maximum absolute atomic E-state index is 12.2. The molecule has 2 aromatic carbocycles. The second-order valence-corrected chi connectivity index (χ2v) is 6.44. The SMILES string of the molecule is CN(C)Cc1ccc(NC(=O)CCc2nncn2-c2ccccc2)cc1. The summed E-state index contributed by atoms with van der Waals surface area (Å²) in [6.45, 7) is 0.878. The topological polar surface area (TPSA) is 63.1 Å². The second kappa shape index (κ2) is 8.40. The molecular weight excluding hydrogens is 326 g/mol. The lowest BCUT2D eigenvalue weighted by atomic mass is 10.2. The van der Waals surface area contributed by atoms with Gasteiger partial charge >= 0.3 is 0 Å². The van der Waals surface area contributed by atoms with Gasteiger partial charge < -0.3 is 10.2 Å². The summed E-state index contributed by atoms with van der Waals surface area (Å²) in [4.78, 5) is 14.3. The van der Waals surface area contributed by atoms with E-state index in [-0.39, 0.29) is 5.91 Å². The van der Waals surface area contributed by atoms with E-state index in [1.165, 1.54) is 5.56 Å². The summed E-state index contributed by atoms with van der Waals surface area (Å²) in [6.07, 6.45) is 2.55. The van der Waals surface area contributed by atoms with Crippen molar-refractivity contribution in [3.63, 3.8) is 0 Å². The second-order valence-electron chi connectivity index (χ2n) is 6.44. The minimum Gasteiger partial charge on any atom is -0.326 e. The van der Waals surface area contributed by atoms with Gasteiger partial charge in [-0.3, -0.25) is 9.36 Å². The van der Waals surface area contributed by atoms with E-state index in [2.05, 4.69) is 20.4 Å². The molecule has 1 amide bonds. The number of carbonyl (C=O) groups is 1. The Morgan fingerprint density at radius 1 is 1.08 bits per heavy atom. The minimum absolute atomic E-state index is 0.0343. The van der Waals surface area contributed by atoms with Crippen LogP contribution in [0, 0.1) is 0 Å². The molecule has 0 atom stereocenters. The number of hydrogen-bond donors (Lipinski definition) is 1. The number of aryl methyl sites for hydroxylation is 1. The highest BCUT2D eigenvalue weighted by Crippen LogP contribution is 2.13. The average molecular weight is 349 g/mol. The van der Waals surface area contributed by atoms with Crippen LogP contribution in [-0.4, -0.2) is 39.7 Å². The molecule has 26 heavy (non-hydrogen) atoms. The van der Waals surface area contributed by atoms with Gasteiger partial charge in [-0.1, -0.05) is 30.3 Å². The molecule has 0 aliphatic heterocycles. The summed E-state index contributed by atoms with van der Waals surface area (Å²) in [5, 5.41) is 11.0. The third kappa shape index (κ3) is 4.77. The Bertz CT molecular complexity index is 840. The predicted octanol–water partition coefficient (Wildman–Crippen LogP) is 2.90. The lowest BCUT2D eigenvalue weighted by Gasteiger charge is -2.11. The molecule has 0 spiro atoms. The van der Waals surface area contributed by atoms with Crippen molar-refractivity contribution in [1.29, 1.82) is 0 Å². The third-order valence-corrected chi connectivity index (χ3v) is 3.96. The van der Waals surface area contributed by atoms with Gasteiger partial charge in [0.2, 0.25) is 5.91 Å². The van der Waals surface area contributed by atoms with Crippen LogP contribution in [0.25, 0.3) is 5.69 Å². The first-order valence-corrected chi connectivity index (χ1v) is 8.59. The molecule has 6 nitrogen and oxygen atoms in total. The summed E-state index contributed by atoms with van der Waals surface area (Å²) in [6, 6.07) is 17.8. The first-order chi connectivity index (χ1) is 12.6. The van der Waals surface area contributed by atoms with E-state index in [0.717, 1.165) is 23.7 Å². The van der Waals surface area contributed by atoms with Gasteiger partial charge in [-0.25, -0.2) is 0 Å². The highest BCUT2D eigenvalue weighted by molar-refractivity contribution is 5.90. The number of amides is 1. The summed E-state index contributed by atoms with van der Waals surface area (Å²) in [5.41, 5.74) is 3.01. The van der Waals surface area contributed by atoms with E-state index in [4.69, 9.17) is 0 Å². The van der Waals surface area contributed by atoms with Crippen molar-refractivity contribution in [3.05, 3.63) is 72.3 Å². The fraction of sp³-hybridized carbons (Fsp3) is 0.250. The summed E-state index contributed by atoms with van der Waals surface area (Å²) < 4.78 is 1.91. The molecule has 1 aromatic heterocycles. The lowest BCUT2D eigenvalue weighted by molar-refractivity contribution is -0.116. The standard InChI is InChI=1S/C20H23N5O/c1-24(2)14-16-8-10-17(11-9-16)22-20(26)13-12-19-23-21-15-25(19)18-6-4-3-5-7-18/h3-11,15H,12-14H2,1-2H3,(H,22,26). The molecule has 3 rings (SSSR count). The molecule has 0 saturated heterocycles. The van der Waals surface area contributed by atoms with E-state index >= 15 is 0 Å². The number of nitrogens with zero attached hydrogens (tertiary/aromatic N) is 4. The van der Waals surface area contributed by atoms with E-state index in [0.29, 0.717) is 12.8 Å². The Balaban J connectivity index is 1.56. The first-order valence-electron chi connectivity index (χ1n) is 8.59. The summed E-state index contributed by atoms with van der Waals surface area (Å²) >= 11 is 0. The summed E-state index contributed by atoms with van der Waals surface area (Å²) in [5.74, 6) is 0.737. The van der Waals surface area contributed by atoms with Crippen LogP contribution >= 0.6 is 0 Å². The normalized spacial score (nSPS) is 10.9. The molecule has 6 heteroatoms. The number of carbonyl (C=O) groups excluding carboxylic acids is 1. The number of benzene rings is 2. The Morgan fingerprint density at radius 3 is 2.50 bits per heavy atom. The number of aromatic nitrogens is 3. The molecule has 0 fully saturated rings. The monoisotopic (exact) mass is 349 g/mol. The van der Waals surface area contributed by atoms with Gasteiger partial charge in [-0.05, 0) is 43.9 Å². The van der Waals surface area contributed by atoms with Crippen molar-refractivity contribution in [1.82, 2.24) is 19.7 Å². The van der Waals surface area contributed by atoms with Gasteiger partial charge in [0.15, 0.2) is 0 Å². The Labute approximate surface area is 153 Å². The van der Waals surface area contributed by atoms with Gasteiger partial charge in [0, 0.05) is 30.8 Å². The fourth-order valence-electron chi connectivity index (χ4n) is 2.74. The predicted molar refractivity (Wildman–Crippen MR) is 102 cm³/mol. The smallest absolute Gasteiger partial charge is 0.224 e. The van der Waals surface area contributed by atoms with Crippen LogP contribution < -0.4 is 5.32 Å². The van der Waals surface area contributed by atoms with Crippen LogP contribution in [0.4, 0.5) is 5.69 Å². The van der Waals surface area contributed by atoms with Gasteiger partial charge in [0.25, 0.3) is 0 Å². The zero-order chi connectivity index (χ0) is 18.4. The van der Waals surface area contributed by atoms with Crippen LogP contribution in [-0.2, 0) is 17.8 Å². The average Bonchev–Trinajstić information content (AvgIpc) is 3.11. The number of nitrogens with one attached hydrogen (secondary N) is 1. The molecule has 1 heterocycles. The zero-order valence-electron chi connectivity index (χ0n) is 15.1. The van der Waals surface area contributed by atoms with Gasteiger partial charge in [0.1, 0.15) is 12.2 Å². The first kappa shape index (κ1) is 17.8. The molecule has 0 bridgehead atoms. The Hall–Kier alpha value is -2.99. The van der Waals surface area contributed by atoms with Gasteiger partial charge in [0.05, 0.1) is 0 Å². The Morgan fingerprint density at radius 2 is 1.81 bits per heavy atom. The molecule has 0 aliphatic carbocycles.